The van der Waals surface area contributed by atoms with Crippen LogP contribution in [0.4, 0.5) is 4.39 Å². The monoisotopic (exact) mass is 294 g/mol. The van der Waals surface area contributed by atoms with Crippen LogP contribution in [-0.2, 0) is 11.2 Å². The van der Waals surface area contributed by atoms with Gasteiger partial charge in [-0.2, -0.15) is 0 Å². The number of halogens is 1. The summed E-state index contributed by atoms with van der Waals surface area (Å²) in [5, 5.41) is 6.41. The van der Waals surface area contributed by atoms with E-state index in [1.54, 1.807) is 12.1 Å². The highest BCUT2D eigenvalue weighted by molar-refractivity contribution is 5.76. The molecule has 1 aliphatic heterocycles. The van der Waals surface area contributed by atoms with E-state index in [-0.39, 0.29) is 23.5 Å². The smallest absolute Gasteiger partial charge is 0.220 e. The van der Waals surface area contributed by atoms with Gasteiger partial charge < -0.3 is 15.4 Å². The Kier molecular flexibility index (Phi) is 5.56. The van der Waals surface area contributed by atoms with Crippen LogP contribution in [0.3, 0.4) is 0 Å². The third-order valence-electron chi connectivity index (χ3n) is 3.97. The second-order valence-electron chi connectivity index (χ2n) is 5.53. The predicted octanol–water partition coefficient (Wildman–Crippen LogP) is 2.02. The number of benzene rings is 1. The molecule has 1 amide bonds. The molecule has 0 aromatic heterocycles. The number of piperidine rings is 1. The Labute approximate surface area is 125 Å². The molecule has 0 spiro atoms. The molecule has 2 rings (SSSR count). The van der Waals surface area contributed by atoms with Crippen LogP contribution in [0.5, 0.6) is 5.75 Å². The van der Waals surface area contributed by atoms with Crippen LogP contribution in [0.15, 0.2) is 18.2 Å². The molecule has 2 atom stereocenters. The summed E-state index contributed by atoms with van der Waals surface area (Å²) >= 11 is 0. The molecule has 1 heterocycles. The topological polar surface area (TPSA) is 50.4 Å². The van der Waals surface area contributed by atoms with Gasteiger partial charge in [0.25, 0.3) is 0 Å². The van der Waals surface area contributed by atoms with Crippen LogP contribution >= 0.6 is 0 Å². The van der Waals surface area contributed by atoms with Crippen molar-refractivity contribution in [3.05, 3.63) is 29.6 Å². The minimum atomic E-state index is -0.388. The van der Waals surface area contributed by atoms with Gasteiger partial charge in [-0.15, -0.1) is 0 Å². The van der Waals surface area contributed by atoms with Crippen molar-refractivity contribution >= 4 is 5.91 Å². The van der Waals surface area contributed by atoms with Gasteiger partial charge >= 0.3 is 0 Å². The summed E-state index contributed by atoms with van der Waals surface area (Å²) in [7, 11) is 1.44. The number of hydrogen-bond acceptors (Lipinski definition) is 3. The molecule has 1 saturated heterocycles. The first kappa shape index (κ1) is 15.8. The lowest BCUT2D eigenvalue weighted by atomic mass is 9.99. The number of ether oxygens (including phenoxy) is 1. The summed E-state index contributed by atoms with van der Waals surface area (Å²) in [4.78, 5) is 12.0. The van der Waals surface area contributed by atoms with E-state index in [2.05, 4.69) is 17.6 Å². The molecule has 2 N–H and O–H groups in total. The van der Waals surface area contributed by atoms with Gasteiger partial charge in [0.2, 0.25) is 5.91 Å². The molecule has 1 fully saturated rings. The maximum atomic E-state index is 13.6. The van der Waals surface area contributed by atoms with Gasteiger partial charge in [-0.3, -0.25) is 4.79 Å². The molecule has 2 unspecified atom stereocenters. The third-order valence-corrected chi connectivity index (χ3v) is 3.97. The van der Waals surface area contributed by atoms with Crippen LogP contribution in [0.25, 0.3) is 0 Å². The van der Waals surface area contributed by atoms with Gasteiger partial charge in [0.05, 0.1) is 7.11 Å². The quantitative estimate of drug-likeness (QED) is 0.873. The first-order chi connectivity index (χ1) is 10.1. The highest BCUT2D eigenvalue weighted by atomic mass is 19.1. The van der Waals surface area contributed by atoms with Crippen molar-refractivity contribution in [3.8, 4) is 5.75 Å². The summed E-state index contributed by atoms with van der Waals surface area (Å²) in [5.74, 6) is -0.141. The number of methoxy groups -OCH3 is 1. The maximum Gasteiger partial charge on any atom is 0.220 e. The number of hydrogen-bond donors (Lipinski definition) is 2. The average molecular weight is 294 g/mol. The van der Waals surface area contributed by atoms with Crippen molar-refractivity contribution in [3.63, 3.8) is 0 Å². The van der Waals surface area contributed by atoms with Gasteiger partial charge in [0.15, 0.2) is 11.6 Å². The standard InChI is InChI=1S/C16H23FN2O2/c1-11-14(4-3-9-18-11)19-16(20)8-6-12-5-7-15(21-2)13(17)10-12/h5,7,10-11,14,18H,3-4,6,8-9H2,1-2H3,(H,19,20). The van der Waals surface area contributed by atoms with Crippen LogP contribution in [0.2, 0.25) is 0 Å². The van der Waals surface area contributed by atoms with Crippen molar-refractivity contribution in [2.75, 3.05) is 13.7 Å². The van der Waals surface area contributed by atoms with E-state index in [1.807, 2.05) is 0 Å². The van der Waals surface area contributed by atoms with E-state index in [0.29, 0.717) is 18.9 Å². The summed E-state index contributed by atoms with van der Waals surface area (Å²) in [6.07, 6.45) is 2.99. The summed E-state index contributed by atoms with van der Waals surface area (Å²) in [5.41, 5.74) is 0.804. The van der Waals surface area contributed by atoms with Crippen LogP contribution in [-0.4, -0.2) is 31.6 Å². The van der Waals surface area contributed by atoms with E-state index in [4.69, 9.17) is 4.74 Å². The molecule has 1 aliphatic rings. The fourth-order valence-corrected chi connectivity index (χ4v) is 2.64. The fraction of sp³-hybridized carbons (Fsp3) is 0.562. The first-order valence-electron chi connectivity index (χ1n) is 7.45. The van der Waals surface area contributed by atoms with Gasteiger partial charge in [-0.25, -0.2) is 4.39 Å². The van der Waals surface area contributed by atoms with Crippen LogP contribution < -0.4 is 15.4 Å². The molecule has 21 heavy (non-hydrogen) atoms. The molecule has 0 bridgehead atoms. The lowest BCUT2D eigenvalue weighted by molar-refractivity contribution is -0.122. The van der Waals surface area contributed by atoms with E-state index in [9.17, 15) is 9.18 Å². The minimum Gasteiger partial charge on any atom is -0.494 e. The molecule has 0 aliphatic carbocycles. The lowest BCUT2D eigenvalue weighted by Gasteiger charge is -2.30. The Morgan fingerprint density at radius 1 is 1.52 bits per heavy atom. The number of rotatable bonds is 5. The molecule has 116 valence electrons. The Balaban J connectivity index is 1.82. The van der Waals surface area contributed by atoms with Crippen LogP contribution in [0, 0.1) is 5.82 Å². The Hall–Kier alpha value is -1.62. The molecule has 0 radical (unpaired) electrons. The van der Waals surface area contributed by atoms with E-state index in [0.717, 1.165) is 24.9 Å². The Bertz CT molecular complexity index is 493. The second-order valence-corrected chi connectivity index (χ2v) is 5.53. The minimum absolute atomic E-state index is 0.0202. The van der Waals surface area contributed by atoms with Crippen molar-refractivity contribution in [1.29, 1.82) is 0 Å². The van der Waals surface area contributed by atoms with Crippen molar-refractivity contribution in [2.45, 2.75) is 44.7 Å². The van der Waals surface area contributed by atoms with Gasteiger partial charge in [-0.05, 0) is 50.4 Å². The van der Waals surface area contributed by atoms with Crippen molar-refractivity contribution in [2.24, 2.45) is 0 Å². The summed E-state index contributed by atoms with van der Waals surface area (Å²) in [6.45, 7) is 3.10. The molecule has 0 saturated carbocycles. The van der Waals surface area contributed by atoms with Crippen LogP contribution in [0.1, 0.15) is 31.7 Å². The average Bonchev–Trinajstić information content (AvgIpc) is 2.48. The summed E-state index contributed by atoms with van der Waals surface area (Å²) < 4.78 is 18.4. The van der Waals surface area contributed by atoms with Gasteiger partial charge in [0, 0.05) is 18.5 Å². The molecule has 5 heteroatoms. The molecular formula is C16H23FN2O2. The number of carbonyl (C=O) groups excluding carboxylic acids is 1. The molecular weight excluding hydrogens is 271 g/mol. The summed E-state index contributed by atoms with van der Waals surface area (Å²) in [6, 6.07) is 5.31. The first-order valence-corrected chi connectivity index (χ1v) is 7.45. The number of nitrogens with one attached hydrogen (secondary N) is 2. The largest absolute Gasteiger partial charge is 0.494 e. The highest BCUT2D eigenvalue weighted by Crippen LogP contribution is 2.18. The Morgan fingerprint density at radius 3 is 3.00 bits per heavy atom. The zero-order valence-electron chi connectivity index (χ0n) is 12.6. The zero-order valence-corrected chi connectivity index (χ0v) is 12.6. The molecule has 1 aromatic carbocycles. The predicted molar refractivity (Wildman–Crippen MR) is 79.9 cm³/mol. The zero-order chi connectivity index (χ0) is 15.2. The number of amides is 1. The lowest BCUT2D eigenvalue weighted by Crippen LogP contribution is -2.51. The van der Waals surface area contributed by atoms with Gasteiger partial charge in [0.1, 0.15) is 0 Å². The van der Waals surface area contributed by atoms with E-state index >= 15 is 0 Å². The SMILES string of the molecule is COc1ccc(CCC(=O)NC2CCCNC2C)cc1F. The number of aryl methyl sites for hydroxylation is 1. The third kappa shape index (κ3) is 4.43. The maximum absolute atomic E-state index is 13.6. The highest BCUT2D eigenvalue weighted by Gasteiger charge is 2.22. The van der Waals surface area contributed by atoms with Crippen molar-refractivity contribution in [1.82, 2.24) is 10.6 Å². The number of carbonyl (C=O) groups is 1. The van der Waals surface area contributed by atoms with E-state index < -0.39 is 0 Å². The molecule has 4 nitrogen and oxygen atoms in total. The second kappa shape index (κ2) is 7.41. The normalized spacial score (nSPS) is 21.9. The van der Waals surface area contributed by atoms with Crippen molar-refractivity contribution < 1.29 is 13.9 Å². The van der Waals surface area contributed by atoms with Gasteiger partial charge in [-0.1, -0.05) is 6.07 Å². The van der Waals surface area contributed by atoms with E-state index in [1.165, 1.54) is 13.2 Å². The Morgan fingerprint density at radius 2 is 2.33 bits per heavy atom. The molecule has 1 aromatic rings. The fourth-order valence-electron chi connectivity index (χ4n) is 2.64.